The van der Waals surface area contributed by atoms with E-state index < -0.39 is 52.5 Å². The Morgan fingerprint density at radius 1 is 1.33 bits per heavy atom. The standard InChI is InChI=1S/C12H9BrF6O2/c1-2-21-11(20)12(18,19)9(15)5-3-4-6(14)7(8(5)13)10(16)17/h3-4,9-10H,2H2,1H3. The zero-order valence-corrected chi connectivity index (χ0v) is 12.1. The van der Waals surface area contributed by atoms with Crippen molar-refractivity contribution in [2.75, 3.05) is 6.61 Å². The molecule has 2 nitrogen and oxygen atoms in total. The van der Waals surface area contributed by atoms with Crippen LogP contribution >= 0.6 is 15.9 Å². The van der Waals surface area contributed by atoms with E-state index in [1.54, 1.807) is 0 Å². The van der Waals surface area contributed by atoms with Crippen LogP contribution in [0.25, 0.3) is 0 Å². The second-order valence-electron chi connectivity index (χ2n) is 3.87. The molecule has 21 heavy (non-hydrogen) atoms. The molecule has 0 aliphatic rings. The SMILES string of the molecule is CCOC(=O)C(F)(F)C(F)c1ccc(F)c(C(F)F)c1Br. The quantitative estimate of drug-likeness (QED) is 0.546. The zero-order chi connectivity index (χ0) is 16.4. The predicted octanol–water partition coefficient (Wildman–Crippen LogP) is 4.73. The van der Waals surface area contributed by atoms with E-state index in [0.29, 0.717) is 12.1 Å². The van der Waals surface area contributed by atoms with Gasteiger partial charge in [-0.3, -0.25) is 0 Å². The first-order valence-corrected chi connectivity index (χ1v) is 6.38. The minimum atomic E-state index is -4.59. The number of esters is 1. The Morgan fingerprint density at radius 3 is 2.38 bits per heavy atom. The monoisotopic (exact) mass is 378 g/mol. The van der Waals surface area contributed by atoms with Gasteiger partial charge < -0.3 is 4.74 Å². The molecule has 0 radical (unpaired) electrons. The first-order chi connectivity index (χ1) is 9.64. The Balaban J connectivity index is 3.28. The number of halogens is 7. The van der Waals surface area contributed by atoms with Crippen LogP contribution in [0.5, 0.6) is 0 Å². The Kier molecular flexibility index (Phi) is 5.66. The molecule has 1 unspecified atom stereocenters. The van der Waals surface area contributed by atoms with E-state index in [-0.39, 0.29) is 0 Å². The average Bonchev–Trinajstić information content (AvgIpc) is 2.38. The summed E-state index contributed by atoms with van der Waals surface area (Å²) in [7, 11) is 0. The van der Waals surface area contributed by atoms with E-state index in [1.165, 1.54) is 6.92 Å². The molecule has 0 saturated heterocycles. The third-order valence-electron chi connectivity index (χ3n) is 2.51. The van der Waals surface area contributed by atoms with Crippen LogP contribution in [-0.4, -0.2) is 18.5 Å². The maximum Gasteiger partial charge on any atom is 0.380 e. The average molecular weight is 379 g/mol. The van der Waals surface area contributed by atoms with E-state index in [9.17, 15) is 31.1 Å². The second-order valence-corrected chi connectivity index (χ2v) is 4.66. The molecular formula is C12H9BrF6O2. The molecule has 0 bridgehead atoms. The number of benzene rings is 1. The highest BCUT2D eigenvalue weighted by Crippen LogP contribution is 2.42. The maximum absolute atomic E-state index is 13.9. The van der Waals surface area contributed by atoms with E-state index in [0.717, 1.165) is 0 Å². The van der Waals surface area contributed by atoms with E-state index in [1.807, 2.05) is 0 Å². The Hall–Kier alpha value is -1.25. The van der Waals surface area contributed by atoms with Gasteiger partial charge in [-0.05, 0) is 28.9 Å². The summed E-state index contributed by atoms with van der Waals surface area (Å²) in [5.74, 6) is -8.10. The van der Waals surface area contributed by atoms with Gasteiger partial charge in [0.2, 0.25) is 6.17 Å². The summed E-state index contributed by atoms with van der Waals surface area (Å²) in [6, 6.07) is 0.985. The molecule has 0 saturated carbocycles. The number of hydrogen-bond acceptors (Lipinski definition) is 2. The second kappa shape index (κ2) is 6.67. The molecule has 0 amide bonds. The van der Waals surface area contributed by atoms with E-state index in [4.69, 9.17) is 0 Å². The molecule has 0 heterocycles. The normalized spacial score (nSPS) is 13.4. The predicted molar refractivity (Wildman–Crippen MR) is 64.5 cm³/mol. The highest BCUT2D eigenvalue weighted by molar-refractivity contribution is 9.10. The molecule has 0 spiro atoms. The third-order valence-corrected chi connectivity index (χ3v) is 3.40. The summed E-state index contributed by atoms with van der Waals surface area (Å²) in [6.07, 6.45) is -6.60. The molecule has 1 atom stereocenters. The highest BCUT2D eigenvalue weighted by Gasteiger charge is 2.51. The van der Waals surface area contributed by atoms with Gasteiger partial charge in [0, 0.05) is 10.0 Å². The third kappa shape index (κ3) is 3.50. The van der Waals surface area contributed by atoms with Crippen LogP contribution in [0.4, 0.5) is 26.3 Å². The Labute approximate surface area is 124 Å². The van der Waals surface area contributed by atoms with Gasteiger partial charge in [-0.2, -0.15) is 8.78 Å². The molecule has 0 N–H and O–H groups in total. The molecule has 118 valence electrons. The summed E-state index contributed by atoms with van der Waals surface area (Å²) in [5, 5.41) is 0. The summed E-state index contributed by atoms with van der Waals surface area (Å²) >= 11 is 2.47. The van der Waals surface area contributed by atoms with Crippen molar-refractivity contribution >= 4 is 21.9 Å². The van der Waals surface area contributed by atoms with Gasteiger partial charge >= 0.3 is 11.9 Å². The first kappa shape index (κ1) is 17.8. The number of alkyl halides is 5. The topological polar surface area (TPSA) is 26.3 Å². The fourth-order valence-corrected chi connectivity index (χ4v) is 2.20. The van der Waals surface area contributed by atoms with Gasteiger partial charge in [0.05, 0.1) is 12.2 Å². The smallest absolute Gasteiger partial charge is 0.380 e. The van der Waals surface area contributed by atoms with Crippen molar-refractivity contribution < 1.29 is 35.9 Å². The molecule has 0 aromatic heterocycles. The van der Waals surface area contributed by atoms with E-state index in [2.05, 4.69) is 20.7 Å². The molecule has 9 heteroatoms. The zero-order valence-electron chi connectivity index (χ0n) is 10.5. The van der Waals surface area contributed by atoms with Gasteiger partial charge in [0.15, 0.2) is 0 Å². The van der Waals surface area contributed by atoms with Crippen molar-refractivity contribution in [2.24, 2.45) is 0 Å². The lowest BCUT2D eigenvalue weighted by Crippen LogP contribution is -2.35. The molecule has 0 fully saturated rings. The maximum atomic E-state index is 13.9. The van der Waals surface area contributed by atoms with Gasteiger partial charge in [-0.15, -0.1) is 0 Å². The largest absolute Gasteiger partial charge is 0.461 e. The summed E-state index contributed by atoms with van der Waals surface area (Å²) in [4.78, 5) is 11.0. The molecule has 0 aliphatic heterocycles. The van der Waals surface area contributed by atoms with E-state index >= 15 is 0 Å². The van der Waals surface area contributed by atoms with Gasteiger partial charge in [0.1, 0.15) is 5.82 Å². The molecular weight excluding hydrogens is 370 g/mol. The van der Waals surface area contributed by atoms with Gasteiger partial charge in [-0.1, -0.05) is 6.07 Å². The van der Waals surface area contributed by atoms with Crippen LogP contribution in [-0.2, 0) is 9.53 Å². The lowest BCUT2D eigenvalue weighted by atomic mass is 10.0. The molecule has 1 aromatic carbocycles. The summed E-state index contributed by atoms with van der Waals surface area (Å²) in [6.45, 7) is 0.831. The Morgan fingerprint density at radius 2 is 1.90 bits per heavy atom. The van der Waals surface area contributed by atoms with Crippen LogP contribution in [0, 0.1) is 5.82 Å². The van der Waals surface area contributed by atoms with Gasteiger partial charge in [0.25, 0.3) is 6.43 Å². The number of ether oxygens (including phenoxy) is 1. The van der Waals surface area contributed by atoms with Crippen molar-refractivity contribution in [3.05, 3.63) is 33.5 Å². The van der Waals surface area contributed by atoms with Crippen molar-refractivity contribution in [2.45, 2.75) is 25.4 Å². The fraction of sp³-hybridized carbons (Fsp3) is 0.417. The molecule has 1 rings (SSSR count). The summed E-state index contributed by atoms with van der Waals surface area (Å²) < 4.78 is 82.6. The van der Waals surface area contributed by atoms with Crippen LogP contribution in [0.2, 0.25) is 0 Å². The Bertz CT molecular complexity index is 535. The van der Waals surface area contributed by atoms with Crippen LogP contribution in [0.3, 0.4) is 0 Å². The van der Waals surface area contributed by atoms with Crippen molar-refractivity contribution in [1.29, 1.82) is 0 Å². The van der Waals surface area contributed by atoms with Crippen LogP contribution < -0.4 is 0 Å². The molecule has 1 aromatic rings. The lowest BCUT2D eigenvalue weighted by molar-refractivity contribution is -0.182. The van der Waals surface area contributed by atoms with Crippen molar-refractivity contribution in [3.8, 4) is 0 Å². The highest BCUT2D eigenvalue weighted by atomic mass is 79.9. The lowest BCUT2D eigenvalue weighted by Gasteiger charge is -2.21. The number of carbonyl (C=O) groups excluding carboxylic acids is 1. The minimum Gasteiger partial charge on any atom is -0.461 e. The van der Waals surface area contributed by atoms with Crippen LogP contribution in [0.15, 0.2) is 16.6 Å². The van der Waals surface area contributed by atoms with Crippen molar-refractivity contribution in [3.63, 3.8) is 0 Å². The fourth-order valence-electron chi connectivity index (χ4n) is 1.51. The van der Waals surface area contributed by atoms with Crippen LogP contribution in [0.1, 0.15) is 30.6 Å². The van der Waals surface area contributed by atoms with Crippen molar-refractivity contribution in [1.82, 2.24) is 0 Å². The van der Waals surface area contributed by atoms with Gasteiger partial charge in [-0.25, -0.2) is 22.4 Å². The minimum absolute atomic E-state index is 0.409. The number of carbonyl (C=O) groups is 1. The molecule has 0 aliphatic carbocycles. The first-order valence-electron chi connectivity index (χ1n) is 5.59. The summed E-state index contributed by atoms with van der Waals surface area (Å²) in [5.41, 5.74) is -2.22. The number of hydrogen-bond donors (Lipinski definition) is 0. The number of rotatable bonds is 5.